The van der Waals surface area contributed by atoms with E-state index in [4.69, 9.17) is 11.6 Å². The predicted molar refractivity (Wildman–Crippen MR) is 122 cm³/mol. The fourth-order valence-electron chi connectivity index (χ4n) is 6.53. The lowest BCUT2D eigenvalue weighted by Crippen LogP contribution is -2.54. The molecule has 3 saturated heterocycles. The minimum Gasteiger partial charge on any atom is -0.324 e. The Morgan fingerprint density at radius 1 is 1.12 bits per heavy atom. The molecule has 7 heteroatoms. The summed E-state index contributed by atoms with van der Waals surface area (Å²) in [5.41, 5.74) is 2.88. The molecule has 4 atom stereocenters. The zero-order valence-electron chi connectivity index (χ0n) is 18.0. The van der Waals surface area contributed by atoms with E-state index >= 15 is 0 Å². The molecular formula is C25H24ClN3O3. The van der Waals surface area contributed by atoms with Crippen LogP contribution in [0.2, 0.25) is 5.02 Å². The van der Waals surface area contributed by atoms with E-state index < -0.39 is 17.4 Å². The number of imide groups is 1. The summed E-state index contributed by atoms with van der Waals surface area (Å²) in [5, 5.41) is 3.50. The van der Waals surface area contributed by atoms with Gasteiger partial charge in [-0.1, -0.05) is 36.7 Å². The molecule has 0 aliphatic carbocycles. The zero-order valence-corrected chi connectivity index (χ0v) is 18.8. The molecule has 4 unspecified atom stereocenters. The molecule has 164 valence electrons. The first-order chi connectivity index (χ1) is 15.4. The van der Waals surface area contributed by atoms with Gasteiger partial charge < -0.3 is 5.32 Å². The number of carbonyl (C=O) groups is 3. The maximum Gasteiger partial charge on any atom is 0.250 e. The summed E-state index contributed by atoms with van der Waals surface area (Å²) < 4.78 is 0. The van der Waals surface area contributed by atoms with Crippen molar-refractivity contribution in [3.63, 3.8) is 0 Å². The van der Waals surface area contributed by atoms with Crippen LogP contribution in [0.1, 0.15) is 36.5 Å². The van der Waals surface area contributed by atoms with Gasteiger partial charge in [-0.05, 0) is 62.1 Å². The van der Waals surface area contributed by atoms with E-state index in [1.165, 1.54) is 4.90 Å². The number of benzene rings is 2. The monoisotopic (exact) mass is 449 g/mol. The SMILES string of the molecule is CCc1ccc2c(c1)C1(C(=O)N2)C2C(=O)N(c3cc(Cl)ccc3C)C(=O)C2C2CCCN21. The van der Waals surface area contributed by atoms with Crippen molar-refractivity contribution in [3.05, 3.63) is 58.1 Å². The summed E-state index contributed by atoms with van der Waals surface area (Å²) in [5.74, 6) is -1.99. The van der Waals surface area contributed by atoms with E-state index in [-0.39, 0.29) is 23.8 Å². The van der Waals surface area contributed by atoms with Gasteiger partial charge in [0.05, 0.1) is 17.5 Å². The Hall–Kier alpha value is -2.70. The predicted octanol–water partition coefficient (Wildman–Crippen LogP) is 3.64. The van der Waals surface area contributed by atoms with E-state index in [0.29, 0.717) is 17.3 Å². The lowest BCUT2D eigenvalue weighted by atomic mass is 9.75. The number of hydrogen-bond donors (Lipinski definition) is 1. The maximum atomic E-state index is 14.0. The molecule has 2 aromatic carbocycles. The molecule has 4 heterocycles. The summed E-state index contributed by atoms with van der Waals surface area (Å²) in [6, 6.07) is 11.1. The summed E-state index contributed by atoms with van der Waals surface area (Å²) >= 11 is 6.22. The Balaban J connectivity index is 1.57. The van der Waals surface area contributed by atoms with Crippen LogP contribution in [0.3, 0.4) is 0 Å². The highest BCUT2D eigenvalue weighted by Gasteiger charge is 2.74. The fraction of sp³-hybridized carbons (Fsp3) is 0.400. The third-order valence-electron chi connectivity index (χ3n) is 7.88. The molecule has 6 rings (SSSR count). The molecule has 0 aromatic heterocycles. The Kier molecular flexibility index (Phi) is 4.15. The van der Waals surface area contributed by atoms with Gasteiger partial charge in [0.25, 0.3) is 0 Å². The van der Waals surface area contributed by atoms with Crippen LogP contribution in [0.15, 0.2) is 36.4 Å². The molecule has 0 bridgehead atoms. The van der Waals surface area contributed by atoms with E-state index in [2.05, 4.69) is 23.2 Å². The van der Waals surface area contributed by atoms with Crippen molar-refractivity contribution in [1.29, 1.82) is 0 Å². The Bertz CT molecular complexity index is 1210. The van der Waals surface area contributed by atoms with Crippen LogP contribution in [-0.2, 0) is 26.3 Å². The minimum absolute atomic E-state index is 0.122. The van der Waals surface area contributed by atoms with Crippen molar-refractivity contribution in [3.8, 4) is 0 Å². The largest absolute Gasteiger partial charge is 0.324 e. The average Bonchev–Trinajstić information content (AvgIpc) is 3.48. The van der Waals surface area contributed by atoms with Gasteiger partial charge in [0.1, 0.15) is 5.54 Å². The number of anilines is 2. The summed E-state index contributed by atoms with van der Waals surface area (Å²) in [6.07, 6.45) is 2.54. The second-order valence-corrected chi connectivity index (χ2v) is 9.74. The highest BCUT2D eigenvalue weighted by atomic mass is 35.5. The number of nitrogens with zero attached hydrogens (tertiary/aromatic N) is 2. The van der Waals surface area contributed by atoms with Crippen LogP contribution < -0.4 is 10.2 Å². The average molecular weight is 450 g/mol. The van der Waals surface area contributed by atoms with Crippen molar-refractivity contribution < 1.29 is 14.4 Å². The summed E-state index contributed by atoms with van der Waals surface area (Å²) in [6.45, 7) is 4.64. The van der Waals surface area contributed by atoms with Crippen LogP contribution in [0.25, 0.3) is 0 Å². The van der Waals surface area contributed by atoms with Crippen molar-refractivity contribution in [2.24, 2.45) is 11.8 Å². The van der Waals surface area contributed by atoms with E-state index in [0.717, 1.165) is 41.6 Å². The van der Waals surface area contributed by atoms with Gasteiger partial charge in [-0.15, -0.1) is 0 Å². The molecule has 32 heavy (non-hydrogen) atoms. The van der Waals surface area contributed by atoms with Gasteiger partial charge in [-0.25, -0.2) is 4.90 Å². The summed E-state index contributed by atoms with van der Waals surface area (Å²) in [7, 11) is 0. The first-order valence-electron chi connectivity index (χ1n) is 11.2. The number of nitrogens with one attached hydrogen (secondary N) is 1. The topological polar surface area (TPSA) is 69.7 Å². The number of rotatable bonds is 2. The van der Waals surface area contributed by atoms with Gasteiger partial charge in [0.2, 0.25) is 17.7 Å². The van der Waals surface area contributed by atoms with Gasteiger partial charge in [-0.3, -0.25) is 19.3 Å². The van der Waals surface area contributed by atoms with Crippen molar-refractivity contribution in [1.82, 2.24) is 4.90 Å². The van der Waals surface area contributed by atoms with E-state index in [9.17, 15) is 14.4 Å². The molecule has 3 fully saturated rings. The minimum atomic E-state index is -1.14. The number of aryl methyl sites for hydroxylation is 2. The van der Waals surface area contributed by atoms with E-state index in [1.807, 2.05) is 25.1 Å². The molecule has 0 radical (unpaired) electrons. The third-order valence-corrected chi connectivity index (χ3v) is 8.11. The number of fused-ring (bicyclic) bond motifs is 7. The molecule has 0 saturated carbocycles. The zero-order chi connectivity index (χ0) is 22.4. The molecule has 4 aliphatic heterocycles. The first kappa shape index (κ1) is 19.9. The van der Waals surface area contributed by atoms with Gasteiger partial charge in [-0.2, -0.15) is 0 Å². The van der Waals surface area contributed by atoms with Crippen LogP contribution in [-0.4, -0.2) is 35.2 Å². The molecule has 1 N–H and O–H groups in total. The standard InChI is InChI=1S/C25H24ClN3O3/c1-3-14-7-9-17-16(11-14)25(24(32)27-17)21-20(18-5-4-10-28(18)25)22(30)29(23(21)31)19-12-15(26)8-6-13(19)2/h6-9,11-12,18,20-21H,3-5,10H2,1-2H3,(H,27,32). The number of carbonyl (C=O) groups excluding carboxylic acids is 3. The molecule has 2 aromatic rings. The van der Waals surface area contributed by atoms with Crippen molar-refractivity contribution >= 4 is 40.7 Å². The molecule has 4 aliphatic rings. The second kappa shape index (κ2) is 6.65. The van der Waals surface area contributed by atoms with Crippen molar-refractivity contribution in [2.45, 2.75) is 44.7 Å². The van der Waals surface area contributed by atoms with Crippen LogP contribution in [0.5, 0.6) is 0 Å². The van der Waals surface area contributed by atoms with E-state index in [1.54, 1.807) is 12.1 Å². The Labute approximate surface area is 191 Å². The highest BCUT2D eigenvalue weighted by Crippen LogP contribution is 2.60. The molecule has 1 spiro atoms. The fourth-order valence-corrected chi connectivity index (χ4v) is 6.70. The molecule has 6 nitrogen and oxygen atoms in total. The van der Waals surface area contributed by atoms with Crippen LogP contribution in [0.4, 0.5) is 11.4 Å². The van der Waals surface area contributed by atoms with Gasteiger partial charge in [0, 0.05) is 22.3 Å². The first-order valence-corrected chi connectivity index (χ1v) is 11.6. The Morgan fingerprint density at radius 3 is 2.72 bits per heavy atom. The lowest BCUT2D eigenvalue weighted by Gasteiger charge is -2.37. The number of hydrogen-bond acceptors (Lipinski definition) is 4. The van der Waals surface area contributed by atoms with Crippen molar-refractivity contribution in [2.75, 3.05) is 16.8 Å². The van der Waals surface area contributed by atoms with Gasteiger partial charge >= 0.3 is 0 Å². The number of halogens is 1. The molecule has 3 amide bonds. The maximum absolute atomic E-state index is 14.0. The highest BCUT2D eigenvalue weighted by molar-refractivity contribution is 6.32. The second-order valence-electron chi connectivity index (χ2n) is 9.30. The van der Waals surface area contributed by atoms with Gasteiger partial charge in [0.15, 0.2) is 0 Å². The lowest BCUT2D eigenvalue weighted by molar-refractivity contribution is -0.135. The summed E-state index contributed by atoms with van der Waals surface area (Å²) in [4.78, 5) is 45.0. The van der Waals surface area contributed by atoms with Crippen LogP contribution in [0, 0.1) is 18.8 Å². The molecular weight excluding hydrogens is 426 g/mol. The quantitative estimate of drug-likeness (QED) is 0.710. The third kappa shape index (κ3) is 2.27. The van der Waals surface area contributed by atoms with Crippen LogP contribution >= 0.6 is 11.6 Å². The Morgan fingerprint density at radius 2 is 1.94 bits per heavy atom. The normalized spacial score (nSPS) is 30.8. The smallest absolute Gasteiger partial charge is 0.250 e. The number of amides is 3.